The summed E-state index contributed by atoms with van der Waals surface area (Å²) >= 11 is 1.37. The van der Waals surface area contributed by atoms with Gasteiger partial charge < -0.3 is 20.8 Å². The van der Waals surface area contributed by atoms with Crippen LogP contribution in [0.1, 0.15) is 9.67 Å². The van der Waals surface area contributed by atoms with Crippen molar-refractivity contribution in [2.75, 3.05) is 36.9 Å². The molecule has 0 unspecified atom stereocenters. The van der Waals surface area contributed by atoms with E-state index >= 15 is 0 Å². The molecule has 0 saturated carbocycles. The van der Waals surface area contributed by atoms with E-state index in [1.54, 1.807) is 6.07 Å². The SMILES string of the molecule is Nc1ccc(N(CCO)CCO)c(-c2ccsc2C=O)c1. The number of hydrogen-bond donors (Lipinski definition) is 3. The molecule has 1 aromatic heterocycles. The van der Waals surface area contributed by atoms with Gasteiger partial charge in [-0.05, 0) is 29.6 Å². The Kier molecular flexibility index (Phi) is 5.32. The van der Waals surface area contributed by atoms with Crippen LogP contribution in [0.2, 0.25) is 0 Å². The standard InChI is InChI=1S/C15H18N2O3S/c16-11-1-2-14(17(4-6-18)5-7-19)13(9-11)12-3-8-21-15(12)10-20/h1-3,8-10,18-19H,4-7,16H2. The molecule has 1 aromatic carbocycles. The number of benzene rings is 1. The van der Waals surface area contributed by atoms with E-state index in [1.165, 1.54) is 11.3 Å². The minimum absolute atomic E-state index is 0.0199. The summed E-state index contributed by atoms with van der Waals surface area (Å²) in [6.07, 6.45) is 0.829. The Bertz CT molecular complexity index is 607. The summed E-state index contributed by atoms with van der Waals surface area (Å²) in [5.41, 5.74) is 8.97. The summed E-state index contributed by atoms with van der Waals surface area (Å²) in [4.78, 5) is 13.7. The zero-order valence-electron chi connectivity index (χ0n) is 11.5. The first-order valence-electron chi connectivity index (χ1n) is 6.60. The zero-order chi connectivity index (χ0) is 15.2. The van der Waals surface area contributed by atoms with E-state index in [4.69, 9.17) is 5.73 Å². The lowest BCUT2D eigenvalue weighted by Crippen LogP contribution is -2.30. The van der Waals surface area contributed by atoms with Gasteiger partial charge in [-0.25, -0.2) is 0 Å². The molecule has 0 amide bonds. The van der Waals surface area contributed by atoms with E-state index in [2.05, 4.69) is 0 Å². The Morgan fingerprint density at radius 1 is 1.14 bits per heavy atom. The second-order valence-electron chi connectivity index (χ2n) is 4.53. The molecule has 0 aliphatic rings. The second kappa shape index (κ2) is 7.21. The van der Waals surface area contributed by atoms with Crippen LogP contribution in [-0.2, 0) is 0 Å². The van der Waals surface area contributed by atoms with Crippen molar-refractivity contribution in [1.82, 2.24) is 0 Å². The van der Waals surface area contributed by atoms with Crippen LogP contribution in [0.5, 0.6) is 0 Å². The van der Waals surface area contributed by atoms with Gasteiger partial charge in [-0.3, -0.25) is 4.79 Å². The predicted molar refractivity (Wildman–Crippen MR) is 85.9 cm³/mol. The van der Waals surface area contributed by atoms with Crippen LogP contribution in [0, 0.1) is 0 Å². The highest BCUT2D eigenvalue weighted by molar-refractivity contribution is 7.12. The lowest BCUT2D eigenvalue weighted by molar-refractivity contribution is 0.112. The van der Waals surface area contributed by atoms with Crippen molar-refractivity contribution in [3.63, 3.8) is 0 Å². The molecule has 0 aliphatic carbocycles. The molecule has 2 rings (SSSR count). The predicted octanol–water partition coefficient (Wildman–Crippen LogP) is 1.60. The fraction of sp³-hybridized carbons (Fsp3) is 0.267. The summed E-state index contributed by atoms with van der Waals surface area (Å²) in [5, 5.41) is 20.3. The Balaban J connectivity index is 2.53. The van der Waals surface area contributed by atoms with Crippen LogP contribution >= 0.6 is 11.3 Å². The van der Waals surface area contributed by atoms with Crippen molar-refractivity contribution in [1.29, 1.82) is 0 Å². The number of thiophene rings is 1. The average Bonchev–Trinajstić information content (AvgIpc) is 2.95. The van der Waals surface area contributed by atoms with E-state index < -0.39 is 0 Å². The number of nitrogens with zero attached hydrogens (tertiary/aromatic N) is 1. The van der Waals surface area contributed by atoms with Crippen LogP contribution in [0.4, 0.5) is 11.4 Å². The number of carbonyl (C=O) groups excluding carboxylic acids is 1. The molecule has 0 radical (unpaired) electrons. The van der Waals surface area contributed by atoms with Crippen LogP contribution in [0.3, 0.4) is 0 Å². The van der Waals surface area contributed by atoms with Crippen LogP contribution in [0.25, 0.3) is 11.1 Å². The molecule has 112 valence electrons. The summed E-state index contributed by atoms with van der Waals surface area (Å²) < 4.78 is 0. The lowest BCUT2D eigenvalue weighted by Gasteiger charge is -2.26. The van der Waals surface area contributed by atoms with E-state index in [0.717, 1.165) is 23.1 Å². The average molecular weight is 306 g/mol. The number of nitrogens with two attached hydrogens (primary N) is 1. The van der Waals surface area contributed by atoms with Gasteiger partial charge in [-0.15, -0.1) is 11.3 Å². The largest absolute Gasteiger partial charge is 0.399 e. The molecular weight excluding hydrogens is 288 g/mol. The maximum Gasteiger partial charge on any atom is 0.160 e. The first kappa shape index (κ1) is 15.5. The molecule has 2 aromatic rings. The maximum atomic E-state index is 11.2. The fourth-order valence-electron chi connectivity index (χ4n) is 2.27. The lowest BCUT2D eigenvalue weighted by atomic mass is 10.0. The van der Waals surface area contributed by atoms with Crippen molar-refractivity contribution in [2.24, 2.45) is 0 Å². The summed E-state index contributed by atoms with van der Waals surface area (Å²) in [7, 11) is 0. The smallest absolute Gasteiger partial charge is 0.160 e. The highest BCUT2D eigenvalue weighted by Crippen LogP contribution is 2.36. The molecule has 0 spiro atoms. The molecular formula is C15H18N2O3S. The normalized spacial score (nSPS) is 10.6. The van der Waals surface area contributed by atoms with Gasteiger partial charge in [0.15, 0.2) is 6.29 Å². The van der Waals surface area contributed by atoms with Gasteiger partial charge in [-0.2, -0.15) is 0 Å². The molecule has 5 nitrogen and oxygen atoms in total. The van der Waals surface area contributed by atoms with Gasteiger partial charge in [0.25, 0.3) is 0 Å². The van der Waals surface area contributed by atoms with Gasteiger partial charge in [-0.1, -0.05) is 0 Å². The molecule has 4 N–H and O–H groups in total. The Labute approximate surface area is 127 Å². The summed E-state index contributed by atoms with van der Waals surface area (Å²) in [6, 6.07) is 7.31. The van der Waals surface area contributed by atoms with Crippen molar-refractivity contribution in [3.8, 4) is 11.1 Å². The number of rotatable bonds is 7. The number of hydrogen-bond acceptors (Lipinski definition) is 6. The first-order chi connectivity index (χ1) is 10.2. The molecule has 0 atom stereocenters. The highest BCUT2D eigenvalue weighted by Gasteiger charge is 2.15. The second-order valence-corrected chi connectivity index (χ2v) is 5.47. The molecule has 6 heteroatoms. The van der Waals surface area contributed by atoms with Crippen LogP contribution in [-0.4, -0.2) is 42.8 Å². The Morgan fingerprint density at radius 2 is 1.86 bits per heavy atom. The minimum Gasteiger partial charge on any atom is -0.399 e. The van der Waals surface area contributed by atoms with E-state index in [9.17, 15) is 15.0 Å². The Hall–Kier alpha value is -1.89. The van der Waals surface area contributed by atoms with Gasteiger partial charge >= 0.3 is 0 Å². The van der Waals surface area contributed by atoms with Gasteiger partial charge in [0.1, 0.15) is 0 Å². The molecule has 0 bridgehead atoms. The fourth-order valence-corrected chi connectivity index (χ4v) is 2.99. The zero-order valence-corrected chi connectivity index (χ0v) is 12.3. The number of aldehydes is 1. The Morgan fingerprint density at radius 3 is 2.48 bits per heavy atom. The summed E-state index contributed by atoms with van der Waals surface area (Å²) in [5.74, 6) is 0. The molecule has 0 aliphatic heterocycles. The highest BCUT2D eigenvalue weighted by atomic mass is 32.1. The first-order valence-corrected chi connectivity index (χ1v) is 7.48. The van der Waals surface area contributed by atoms with Crippen molar-refractivity contribution in [3.05, 3.63) is 34.5 Å². The van der Waals surface area contributed by atoms with Gasteiger partial charge in [0.05, 0.1) is 18.1 Å². The topological polar surface area (TPSA) is 86.8 Å². The minimum atomic E-state index is -0.0199. The number of anilines is 2. The number of carbonyl (C=O) groups is 1. The van der Waals surface area contributed by atoms with Gasteiger partial charge in [0.2, 0.25) is 0 Å². The number of aliphatic hydroxyl groups excluding tert-OH is 2. The maximum absolute atomic E-state index is 11.2. The molecule has 1 heterocycles. The third kappa shape index (κ3) is 3.41. The van der Waals surface area contributed by atoms with E-state index in [0.29, 0.717) is 23.7 Å². The van der Waals surface area contributed by atoms with Crippen molar-refractivity contribution in [2.45, 2.75) is 0 Å². The van der Waals surface area contributed by atoms with Crippen molar-refractivity contribution >= 4 is 29.0 Å². The monoisotopic (exact) mass is 306 g/mol. The van der Waals surface area contributed by atoms with Crippen LogP contribution < -0.4 is 10.6 Å². The quantitative estimate of drug-likeness (QED) is 0.534. The molecule has 0 saturated heterocycles. The van der Waals surface area contributed by atoms with Gasteiger partial charge in [0, 0.05) is 35.6 Å². The molecule has 21 heavy (non-hydrogen) atoms. The van der Waals surface area contributed by atoms with Crippen LogP contribution in [0.15, 0.2) is 29.6 Å². The third-order valence-electron chi connectivity index (χ3n) is 3.19. The third-order valence-corrected chi connectivity index (χ3v) is 4.04. The molecule has 0 fully saturated rings. The van der Waals surface area contributed by atoms with E-state index in [-0.39, 0.29) is 13.2 Å². The van der Waals surface area contributed by atoms with Crippen molar-refractivity contribution < 1.29 is 15.0 Å². The summed E-state index contributed by atoms with van der Waals surface area (Å²) in [6.45, 7) is 0.762. The number of aliphatic hydroxyl groups is 2. The number of nitrogen functional groups attached to an aromatic ring is 1. The van der Waals surface area contributed by atoms with E-state index in [1.807, 2.05) is 28.5 Å².